The molecular formula is C22H26N4O2. The zero-order valence-corrected chi connectivity index (χ0v) is 16.3. The molecule has 1 heterocycles. The van der Waals surface area contributed by atoms with Crippen LogP contribution >= 0.6 is 0 Å². The second-order valence-electron chi connectivity index (χ2n) is 7.48. The molecule has 2 unspecified atom stereocenters. The molecule has 1 aromatic heterocycles. The molecule has 0 spiro atoms. The molecule has 6 heteroatoms. The van der Waals surface area contributed by atoms with E-state index in [1.54, 1.807) is 7.11 Å². The van der Waals surface area contributed by atoms with Crippen LogP contribution in [0.3, 0.4) is 0 Å². The molecule has 3 N–H and O–H groups in total. The van der Waals surface area contributed by atoms with Crippen LogP contribution in [0.2, 0.25) is 0 Å². The number of nitrogens with zero attached hydrogens (tertiary/aromatic N) is 1. The summed E-state index contributed by atoms with van der Waals surface area (Å²) in [5.74, 6) is 2.15. The van der Waals surface area contributed by atoms with Crippen LogP contribution < -0.4 is 15.4 Å². The summed E-state index contributed by atoms with van der Waals surface area (Å²) in [6.45, 7) is 1.95. The first kappa shape index (κ1) is 18.3. The van der Waals surface area contributed by atoms with Crippen LogP contribution in [-0.2, 0) is 0 Å². The lowest BCUT2D eigenvalue weighted by atomic mass is 9.85. The number of para-hydroxylation sites is 2. The Morgan fingerprint density at radius 2 is 2.07 bits per heavy atom. The van der Waals surface area contributed by atoms with E-state index in [1.807, 2.05) is 43.3 Å². The molecule has 6 nitrogen and oxygen atoms in total. The SMILES string of the molecule is COc1ccc(NC(=O)NC2CCCC(c3nc4ccccc4[nH]3)C2)c(C)c1. The lowest BCUT2D eigenvalue weighted by Crippen LogP contribution is -2.40. The van der Waals surface area contributed by atoms with Crippen LogP contribution in [0.5, 0.6) is 5.75 Å². The minimum atomic E-state index is -0.163. The Labute approximate surface area is 164 Å². The number of hydrogen-bond acceptors (Lipinski definition) is 3. The monoisotopic (exact) mass is 378 g/mol. The lowest BCUT2D eigenvalue weighted by molar-refractivity contribution is 0.241. The van der Waals surface area contributed by atoms with E-state index >= 15 is 0 Å². The van der Waals surface area contributed by atoms with Gasteiger partial charge in [-0.25, -0.2) is 9.78 Å². The first-order valence-electron chi connectivity index (χ1n) is 9.79. The van der Waals surface area contributed by atoms with Gasteiger partial charge in [0.25, 0.3) is 0 Å². The van der Waals surface area contributed by atoms with Gasteiger partial charge in [0, 0.05) is 17.6 Å². The molecule has 1 aliphatic carbocycles. The van der Waals surface area contributed by atoms with Gasteiger partial charge in [0.05, 0.1) is 18.1 Å². The average Bonchev–Trinajstić information content (AvgIpc) is 3.14. The highest BCUT2D eigenvalue weighted by atomic mass is 16.5. The summed E-state index contributed by atoms with van der Waals surface area (Å²) in [7, 11) is 1.64. The third-order valence-electron chi connectivity index (χ3n) is 5.49. The topological polar surface area (TPSA) is 79.0 Å². The number of imidazole rings is 1. The van der Waals surface area contributed by atoms with Crippen LogP contribution in [0.1, 0.15) is 43.0 Å². The average molecular weight is 378 g/mol. The van der Waals surface area contributed by atoms with E-state index in [0.717, 1.165) is 59.5 Å². The number of H-pyrrole nitrogens is 1. The molecule has 1 fully saturated rings. The summed E-state index contributed by atoms with van der Waals surface area (Å²) in [6, 6.07) is 13.7. The summed E-state index contributed by atoms with van der Waals surface area (Å²) < 4.78 is 5.21. The van der Waals surface area contributed by atoms with E-state index in [9.17, 15) is 4.79 Å². The fourth-order valence-corrected chi connectivity index (χ4v) is 3.98. The Kier molecular flexibility index (Phi) is 5.19. The highest BCUT2D eigenvalue weighted by Crippen LogP contribution is 2.32. The summed E-state index contributed by atoms with van der Waals surface area (Å²) >= 11 is 0. The Hall–Kier alpha value is -3.02. The molecule has 1 saturated carbocycles. The van der Waals surface area contributed by atoms with E-state index in [-0.39, 0.29) is 12.1 Å². The van der Waals surface area contributed by atoms with E-state index in [0.29, 0.717) is 5.92 Å². The molecule has 4 rings (SSSR count). The summed E-state index contributed by atoms with van der Waals surface area (Å²) in [4.78, 5) is 20.7. The maximum Gasteiger partial charge on any atom is 0.319 e. The van der Waals surface area contributed by atoms with Gasteiger partial charge in [-0.3, -0.25) is 0 Å². The Bertz CT molecular complexity index is 949. The number of benzene rings is 2. The van der Waals surface area contributed by atoms with Gasteiger partial charge in [-0.15, -0.1) is 0 Å². The van der Waals surface area contributed by atoms with E-state index < -0.39 is 0 Å². The van der Waals surface area contributed by atoms with Crippen molar-refractivity contribution in [3.05, 3.63) is 53.9 Å². The van der Waals surface area contributed by atoms with Crippen LogP contribution in [0.25, 0.3) is 11.0 Å². The number of rotatable bonds is 4. The Morgan fingerprint density at radius 3 is 2.86 bits per heavy atom. The molecule has 2 atom stereocenters. The van der Waals surface area contributed by atoms with Crippen LogP contribution in [0, 0.1) is 6.92 Å². The number of methoxy groups -OCH3 is 1. The number of aromatic nitrogens is 2. The molecule has 146 valence electrons. The maximum absolute atomic E-state index is 12.5. The molecule has 2 aromatic carbocycles. The van der Waals surface area contributed by atoms with Crippen molar-refractivity contribution in [3.63, 3.8) is 0 Å². The quantitative estimate of drug-likeness (QED) is 0.614. The molecule has 0 aliphatic heterocycles. The molecular weight excluding hydrogens is 352 g/mol. The van der Waals surface area contributed by atoms with Gasteiger partial charge in [0.1, 0.15) is 11.6 Å². The second kappa shape index (κ2) is 7.92. The maximum atomic E-state index is 12.5. The Morgan fingerprint density at radius 1 is 1.21 bits per heavy atom. The fourth-order valence-electron chi connectivity index (χ4n) is 3.98. The number of ether oxygens (including phenoxy) is 1. The number of urea groups is 1. The van der Waals surface area contributed by atoms with E-state index in [4.69, 9.17) is 9.72 Å². The van der Waals surface area contributed by atoms with Crippen molar-refractivity contribution in [1.82, 2.24) is 15.3 Å². The lowest BCUT2D eigenvalue weighted by Gasteiger charge is -2.28. The zero-order chi connectivity index (χ0) is 19.5. The number of aromatic amines is 1. The summed E-state index contributed by atoms with van der Waals surface area (Å²) in [6.07, 6.45) is 4.06. The number of carbonyl (C=O) groups excluding carboxylic acids is 1. The highest BCUT2D eigenvalue weighted by molar-refractivity contribution is 5.90. The molecule has 2 amide bonds. The smallest absolute Gasteiger partial charge is 0.319 e. The molecule has 1 aliphatic rings. The van der Waals surface area contributed by atoms with Gasteiger partial charge in [-0.1, -0.05) is 18.6 Å². The van der Waals surface area contributed by atoms with Crippen LogP contribution in [0.15, 0.2) is 42.5 Å². The van der Waals surface area contributed by atoms with E-state index in [2.05, 4.69) is 21.7 Å². The Balaban J connectivity index is 1.38. The standard InChI is InChI=1S/C22H26N4O2/c1-14-12-17(28-2)10-11-18(14)26-22(27)23-16-7-5-6-15(13-16)21-24-19-8-3-4-9-20(19)25-21/h3-4,8-12,15-16H,5-7,13H2,1-2H3,(H,24,25)(H2,23,26,27). The predicted octanol–water partition coefficient (Wildman–Crippen LogP) is 4.73. The highest BCUT2D eigenvalue weighted by Gasteiger charge is 2.26. The molecule has 0 radical (unpaired) electrons. The third-order valence-corrected chi connectivity index (χ3v) is 5.49. The largest absolute Gasteiger partial charge is 0.497 e. The molecule has 3 aromatic rings. The minimum Gasteiger partial charge on any atom is -0.497 e. The third kappa shape index (κ3) is 3.96. The molecule has 0 saturated heterocycles. The number of carbonyl (C=O) groups is 1. The van der Waals surface area contributed by atoms with Gasteiger partial charge in [0.15, 0.2) is 0 Å². The van der Waals surface area contributed by atoms with Crippen molar-refractivity contribution >= 4 is 22.8 Å². The van der Waals surface area contributed by atoms with Gasteiger partial charge in [-0.2, -0.15) is 0 Å². The first-order chi connectivity index (χ1) is 13.6. The zero-order valence-electron chi connectivity index (χ0n) is 16.3. The van der Waals surface area contributed by atoms with Gasteiger partial charge >= 0.3 is 6.03 Å². The molecule has 28 heavy (non-hydrogen) atoms. The fraction of sp³-hybridized carbons (Fsp3) is 0.364. The normalized spacial score (nSPS) is 19.4. The van der Waals surface area contributed by atoms with Crippen molar-refractivity contribution in [2.24, 2.45) is 0 Å². The predicted molar refractivity (Wildman–Crippen MR) is 111 cm³/mol. The van der Waals surface area contributed by atoms with Crippen LogP contribution in [0.4, 0.5) is 10.5 Å². The van der Waals surface area contributed by atoms with Crippen molar-refractivity contribution < 1.29 is 9.53 Å². The second-order valence-corrected chi connectivity index (χ2v) is 7.48. The number of nitrogens with one attached hydrogen (secondary N) is 3. The summed E-state index contributed by atoms with van der Waals surface area (Å²) in [5, 5.41) is 6.09. The van der Waals surface area contributed by atoms with Crippen molar-refractivity contribution in [1.29, 1.82) is 0 Å². The number of amides is 2. The van der Waals surface area contributed by atoms with Gasteiger partial charge in [-0.05, 0) is 62.1 Å². The van der Waals surface area contributed by atoms with Crippen molar-refractivity contribution in [3.8, 4) is 5.75 Å². The number of fused-ring (bicyclic) bond motifs is 1. The van der Waals surface area contributed by atoms with Crippen molar-refractivity contribution in [2.75, 3.05) is 12.4 Å². The van der Waals surface area contributed by atoms with Crippen molar-refractivity contribution in [2.45, 2.75) is 44.6 Å². The number of aryl methyl sites for hydroxylation is 1. The number of anilines is 1. The first-order valence-corrected chi connectivity index (χ1v) is 9.79. The van der Waals surface area contributed by atoms with E-state index in [1.165, 1.54) is 0 Å². The van der Waals surface area contributed by atoms with Gasteiger partial charge in [0.2, 0.25) is 0 Å². The number of hydrogen-bond donors (Lipinski definition) is 3. The van der Waals surface area contributed by atoms with Gasteiger partial charge < -0.3 is 20.4 Å². The minimum absolute atomic E-state index is 0.144. The van der Waals surface area contributed by atoms with Crippen LogP contribution in [-0.4, -0.2) is 29.2 Å². The molecule has 0 bridgehead atoms. The summed E-state index contributed by atoms with van der Waals surface area (Å²) in [5.41, 5.74) is 3.84.